The Morgan fingerprint density at radius 1 is 1.11 bits per heavy atom. The molecular formula is C29H33F5N6O4. The number of carbonyl (C=O) groups excluding carboxylic acids is 2. The van der Waals surface area contributed by atoms with Crippen LogP contribution in [0.4, 0.5) is 22.0 Å². The molecule has 44 heavy (non-hydrogen) atoms. The Morgan fingerprint density at radius 3 is 2.48 bits per heavy atom. The molecule has 2 amide bonds. The van der Waals surface area contributed by atoms with E-state index in [1.807, 2.05) is 0 Å². The van der Waals surface area contributed by atoms with Crippen LogP contribution < -0.4 is 10.6 Å². The van der Waals surface area contributed by atoms with Crippen molar-refractivity contribution in [2.75, 3.05) is 6.61 Å². The lowest BCUT2D eigenvalue weighted by Gasteiger charge is -2.34. The van der Waals surface area contributed by atoms with Gasteiger partial charge in [-0.05, 0) is 74.2 Å². The number of carbonyl (C=O) groups is 2. The number of fused-ring (bicyclic) bond motifs is 1. The van der Waals surface area contributed by atoms with Gasteiger partial charge in [0, 0.05) is 25.2 Å². The lowest BCUT2D eigenvalue weighted by molar-refractivity contribution is -0.265. The number of ether oxygens (including phenoxy) is 1. The van der Waals surface area contributed by atoms with E-state index < -0.39 is 36.3 Å². The summed E-state index contributed by atoms with van der Waals surface area (Å²) in [7, 11) is 0. The van der Waals surface area contributed by atoms with E-state index in [1.165, 1.54) is 0 Å². The largest absolute Gasteiger partial charge is 0.416 e. The molecule has 2 aromatic heterocycles. The second-order valence-electron chi connectivity index (χ2n) is 12.7. The molecule has 3 saturated carbocycles. The zero-order chi connectivity index (χ0) is 31.4. The maximum Gasteiger partial charge on any atom is 0.416 e. The van der Waals surface area contributed by atoms with Gasteiger partial charge in [0.1, 0.15) is 17.6 Å². The Kier molecular flexibility index (Phi) is 7.65. The average molecular weight is 625 g/mol. The fraction of sp³-hybridized carbons (Fsp3) is 0.621. The smallest absolute Gasteiger partial charge is 0.364 e. The van der Waals surface area contributed by atoms with Gasteiger partial charge < -0.3 is 20.4 Å². The number of aromatic nitrogens is 4. The molecule has 0 aliphatic heterocycles. The van der Waals surface area contributed by atoms with E-state index in [0.29, 0.717) is 16.7 Å². The minimum atomic E-state index is -4.67. The Labute approximate surface area is 248 Å². The number of aromatic amines is 1. The molecule has 15 heteroatoms. The second-order valence-corrected chi connectivity index (χ2v) is 12.7. The number of hydrogen-bond donors (Lipinski definition) is 3. The number of amides is 2. The van der Waals surface area contributed by atoms with Crippen LogP contribution in [0.3, 0.4) is 0 Å². The zero-order valence-electron chi connectivity index (χ0n) is 24.1. The summed E-state index contributed by atoms with van der Waals surface area (Å²) in [5.74, 6) is -3.61. The van der Waals surface area contributed by atoms with Crippen LogP contribution in [-0.4, -0.2) is 56.4 Å². The highest BCUT2D eigenvalue weighted by atomic mass is 19.4. The summed E-state index contributed by atoms with van der Waals surface area (Å²) in [5, 5.41) is 13.2. The fourth-order valence-electron chi connectivity index (χ4n) is 5.50. The van der Waals surface area contributed by atoms with Crippen molar-refractivity contribution >= 4 is 22.8 Å². The van der Waals surface area contributed by atoms with Gasteiger partial charge in [0.15, 0.2) is 11.3 Å². The Morgan fingerprint density at radius 2 is 1.84 bits per heavy atom. The fourth-order valence-corrected chi connectivity index (χ4v) is 5.50. The highest BCUT2D eigenvalue weighted by Gasteiger charge is 2.49. The van der Waals surface area contributed by atoms with Crippen molar-refractivity contribution in [3.05, 3.63) is 41.0 Å². The number of H-pyrrole nitrogens is 1. The summed E-state index contributed by atoms with van der Waals surface area (Å²) in [6.45, 7) is 1.23. The van der Waals surface area contributed by atoms with Crippen LogP contribution in [0, 0.1) is 11.8 Å². The molecule has 3 N–H and O–H groups in total. The Balaban J connectivity index is 1.22. The maximum absolute atomic E-state index is 13.6. The van der Waals surface area contributed by atoms with Crippen LogP contribution in [0.5, 0.6) is 0 Å². The molecule has 3 fully saturated rings. The first-order chi connectivity index (χ1) is 20.7. The lowest BCUT2D eigenvalue weighted by Crippen LogP contribution is -2.44. The molecule has 0 bridgehead atoms. The summed E-state index contributed by atoms with van der Waals surface area (Å²) in [6.07, 6.45) is -1.74. The van der Waals surface area contributed by atoms with E-state index in [2.05, 4.69) is 30.9 Å². The number of rotatable bonds is 12. The van der Waals surface area contributed by atoms with Crippen molar-refractivity contribution in [3.63, 3.8) is 0 Å². The summed E-state index contributed by atoms with van der Waals surface area (Å²) in [5.41, 5.74) is -0.356. The predicted octanol–water partition coefficient (Wildman–Crippen LogP) is 5.65. The number of hydrogen-bond acceptors (Lipinski definition) is 7. The maximum atomic E-state index is 13.6. The Bertz CT molecular complexity index is 1540. The molecule has 238 valence electrons. The predicted molar refractivity (Wildman–Crippen MR) is 145 cm³/mol. The van der Waals surface area contributed by atoms with Gasteiger partial charge >= 0.3 is 6.18 Å². The molecule has 3 aliphatic rings. The van der Waals surface area contributed by atoms with Crippen molar-refractivity contribution in [3.8, 4) is 0 Å². The number of benzene rings is 1. The number of halogens is 5. The van der Waals surface area contributed by atoms with Gasteiger partial charge in [-0.1, -0.05) is 11.2 Å². The highest BCUT2D eigenvalue weighted by Crippen LogP contribution is 2.45. The zero-order valence-corrected chi connectivity index (χ0v) is 24.1. The van der Waals surface area contributed by atoms with Gasteiger partial charge in [-0.2, -0.15) is 13.2 Å². The third-order valence-electron chi connectivity index (χ3n) is 8.56. The van der Waals surface area contributed by atoms with Crippen LogP contribution in [0.15, 0.2) is 22.8 Å². The molecule has 10 nitrogen and oxygen atoms in total. The van der Waals surface area contributed by atoms with E-state index in [-0.39, 0.29) is 60.5 Å². The van der Waals surface area contributed by atoms with Crippen LogP contribution in [-0.2, 0) is 9.53 Å². The molecule has 3 aromatic rings. The molecule has 2 heterocycles. The molecule has 0 saturated heterocycles. The second kappa shape index (κ2) is 11.1. The van der Waals surface area contributed by atoms with E-state index in [0.717, 1.165) is 45.1 Å². The number of nitrogens with one attached hydrogen (secondary N) is 3. The van der Waals surface area contributed by atoms with Gasteiger partial charge in [-0.25, -0.2) is 18.4 Å². The van der Waals surface area contributed by atoms with E-state index in [1.54, 1.807) is 18.2 Å². The Hall–Kier alpha value is -3.62. The molecule has 0 unspecified atom stereocenters. The molecule has 1 aromatic carbocycles. The van der Waals surface area contributed by atoms with Gasteiger partial charge in [-0.3, -0.25) is 9.59 Å². The van der Waals surface area contributed by atoms with E-state index in [4.69, 9.17) is 9.37 Å². The van der Waals surface area contributed by atoms with Crippen molar-refractivity contribution in [1.29, 1.82) is 0 Å². The molecule has 3 aliphatic carbocycles. The van der Waals surface area contributed by atoms with Gasteiger partial charge in [0.2, 0.25) is 11.8 Å². The summed E-state index contributed by atoms with van der Waals surface area (Å²) >= 11 is 0. The van der Waals surface area contributed by atoms with Crippen molar-refractivity contribution in [1.82, 2.24) is 30.9 Å². The van der Waals surface area contributed by atoms with Gasteiger partial charge in [-0.15, -0.1) is 0 Å². The molecule has 0 spiro atoms. The monoisotopic (exact) mass is 624 g/mol. The first-order valence-electron chi connectivity index (χ1n) is 14.7. The van der Waals surface area contributed by atoms with Crippen LogP contribution >= 0.6 is 0 Å². The molecule has 2 atom stereocenters. The third-order valence-corrected chi connectivity index (χ3v) is 8.56. The van der Waals surface area contributed by atoms with Crippen molar-refractivity contribution < 1.29 is 40.9 Å². The van der Waals surface area contributed by atoms with E-state index >= 15 is 0 Å². The quantitative estimate of drug-likeness (QED) is 0.222. The average Bonchev–Trinajstić information content (AvgIpc) is 3.86. The number of nitrogens with zero attached hydrogens (tertiary/aromatic N) is 3. The van der Waals surface area contributed by atoms with Crippen molar-refractivity contribution in [2.24, 2.45) is 11.8 Å². The van der Waals surface area contributed by atoms with Gasteiger partial charge in [0.05, 0.1) is 23.7 Å². The van der Waals surface area contributed by atoms with Crippen LogP contribution in [0.1, 0.15) is 104 Å². The highest BCUT2D eigenvalue weighted by molar-refractivity contribution is 5.93. The topological polar surface area (TPSA) is 135 Å². The number of imidazole rings is 1. The first kappa shape index (κ1) is 30.4. The van der Waals surface area contributed by atoms with E-state index in [9.17, 15) is 31.5 Å². The van der Waals surface area contributed by atoms with Crippen LogP contribution in [0.2, 0.25) is 0 Å². The normalized spacial score (nSPS) is 20.2. The van der Waals surface area contributed by atoms with Crippen molar-refractivity contribution in [2.45, 2.75) is 94.5 Å². The SMILES string of the molecule is CC(C)(OC[C@@H](NC(=O)c1nonc1C1CC1)c1nc2ccc([C@H](NC(=O)CC3CC(F)(F)C3)C3CC3)cc2[nH]1)C(F)(F)F. The summed E-state index contributed by atoms with van der Waals surface area (Å²) < 4.78 is 77.2. The molecule has 0 radical (unpaired) electrons. The third kappa shape index (κ3) is 6.57. The number of alkyl halides is 5. The lowest BCUT2D eigenvalue weighted by atomic mass is 9.79. The summed E-state index contributed by atoms with van der Waals surface area (Å²) in [6, 6.07) is 3.85. The minimum Gasteiger partial charge on any atom is -0.364 e. The molecule has 6 rings (SSSR count). The standard InChI is InChI=1S/C29H33F5N6O4/c1-27(2,29(32,33)34)43-13-20(37-26(42)24-23(16-5-6-16)39-44-40-24)25-35-18-8-7-17(10-19(18)36-25)22(15-3-4-15)38-21(41)9-14-11-28(30,31)12-14/h7-8,10,14-16,20,22H,3-6,9,11-13H2,1-2H3,(H,35,36)(H,37,42)(H,38,41)/t20-,22-/m1/s1. The van der Waals surface area contributed by atoms with Crippen LogP contribution in [0.25, 0.3) is 11.0 Å². The minimum absolute atomic E-state index is 0.0361. The first-order valence-corrected chi connectivity index (χ1v) is 14.7. The van der Waals surface area contributed by atoms with Gasteiger partial charge in [0.25, 0.3) is 5.91 Å². The summed E-state index contributed by atoms with van der Waals surface area (Å²) in [4.78, 5) is 33.5. The molecular weight excluding hydrogens is 591 g/mol.